The molecule has 0 N–H and O–H groups in total. The lowest BCUT2D eigenvalue weighted by molar-refractivity contribution is -0.143. The smallest absolute Gasteiger partial charge is 0.309 e. The Balaban J connectivity index is 2.80. The van der Waals surface area contributed by atoms with E-state index in [1.807, 2.05) is 19.9 Å². The summed E-state index contributed by atoms with van der Waals surface area (Å²) in [6, 6.07) is 1.93. The number of allylic oxidation sites excluding steroid dienone is 2. The fourth-order valence-corrected chi connectivity index (χ4v) is 1.88. The minimum atomic E-state index is -0.227. The lowest BCUT2D eigenvalue weighted by Crippen LogP contribution is -2.07. The van der Waals surface area contributed by atoms with Gasteiger partial charge in [-0.15, -0.1) is 0 Å². The predicted molar refractivity (Wildman–Crippen MR) is 53.5 cm³/mol. The van der Waals surface area contributed by atoms with Crippen LogP contribution in [0.15, 0.2) is 11.8 Å². The van der Waals surface area contributed by atoms with Gasteiger partial charge in [-0.05, 0) is 11.5 Å². The molecule has 2 atom stereocenters. The maximum atomic E-state index is 11.4. The van der Waals surface area contributed by atoms with Crippen molar-refractivity contribution in [3.63, 3.8) is 0 Å². The van der Waals surface area contributed by atoms with Gasteiger partial charge in [0.05, 0.1) is 20.1 Å². The molecule has 1 aliphatic rings. The van der Waals surface area contributed by atoms with Gasteiger partial charge in [-0.2, -0.15) is 5.26 Å². The molecule has 0 amide bonds. The van der Waals surface area contributed by atoms with Crippen LogP contribution in [0.5, 0.6) is 0 Å². The van der Waals surface area contributed by atoms with Crippen LogP contribution < -0.4 is 0 Å². The lowest BCUT2D eigenvalue weighted by atomic mass is 10.1. The molecule has 0 aromatic carbocycles. The fraction of sp³-hybridized carbons (Fsp3) is 0.636. The van der Waals surface area contributed by atoms with E-state index >= 15 is 0 Å². The number of nitrogens with zero attached hydrogens (tertiary/aromatic N) is 1. The third-order valence-corrected chi connectivity index (χ3v) is 3.03. The average Bonchev–Trinajstić information content (AvgIpc) is 2.75. The van der Waals surface area contributed by atoms with Crippen molar-refractivity contribution in [1.82, 2.24) is 0 Å². The number of hydrogen-bond donors (Lipinski definition) is 0. The number of hydrogen-bond acceptors (Lipinski definition) is 4. The van der Waals surface area contributed by atoms with Crippen LogP contribution >= 0.6 is 0 Å². The number of esters is 1. The van der Waals surface area contributed by atoms with E-state index in [9.17, 15) is 4.79 Å². The summed E-state index contributed by atoms with van der Waals surface area (Å²) in [5, 5.41) is 8.70. The van der Waals surface area contributed by atoms with E-state index in [4.69, 9.17) is 14.7 Å². The van der Waals surface area contributed by atoms with Crippen molar-refractivity contribution >= 4 is 5.97 Å². The Bertz CT molecular complexity index is 338. The van der Waals surface area contributed by atoms with Crippen molar-refractivity contribution in [3.8, 4) is 6.07 Å². The van der Waals surface area contributed by atoms with Crippen LogP contribution in [0.3, 0.4) is 0 Å². The first kappa shape index (κ1) is 11.6. The highest BCUT2D eigenvalue weighted by atomic mass is 16.5. The van der Waals surface area contributed by atoms with Crippen molar-refractivity contribution < 1.29 is 14.3 Å². The summed E-state index contributed by atoms with van der Waals surface area (Å²) in [7, 11) is 2.82. The van der Waals surface area contributed by atoms with E-state index in [0.717, 1.165) is 0 Å². The molecule has 0 heterocycles. The van der Waals surface area contributed by atoms with Gasteiger partial charge >= 0.3 is 5.97 Å². The van der Waals surface area contributed by atoms with Crippen LogP contribution in [-0.2, 0) is 14.3 Å². The van der Waals surface area contributed by atoms with Gasteiger partial charge in [0.15, 0.2) is 5.76 Å². The van der Waals surface area contributed by atoms with E-state index in [1.165, 1.54) is 14.2 Å². The molecule has 0 radical (unpaired) electrons. The summed E-state index contributed by atoms with van der Waals surface area (Å²) in [5.41, 5.74) is -0.145. The van der Waals surface area contributed by atoms with Gasteiger partial charge in [0.25, 0.3) is 0 Å². The van der Waals surface area contributed by atoms with E-state index in [0.29, 0.717) is 0 Å². The Hall–Kier alpha value is -1.50. The minimum absolute atomic E-state index is 0.0274. The molecule has 4 nitrogen and oxygen atoms in total. The molecule has 4 heteroatoms. The standard InChI is InChI=1S/C11H15NO3/c1-11(2)8(5-7(6-12)14-3)9(11)10(13)15-4/h5,8-9H,1-4H3. The monoisotopic (exact) mass is 209 g/mol. The zero-order valence-electron chi connectivity index (χ0n) is 9.40. The molecule has 0 aromatic rings. The van der Waals surface area contributed by atoms with Crippen LogP contribution in [0.25, 0.3) is 0 Å². The molecule has 1 fully saturated rings. The van der Waals surface area contributed by atoms with Crippen LogP contribution in [0, 0.1) is 28.6 Å². The van der Waals surface area contributed by atoms with Crippen LogP contribution in [0.2, 0.25) is 0 Å². The van der Waals surface area contributed by atoms with E-state index in [2.05, 4.69) is 0 Å². The molecular weight excluding hydrogens is 194 g/mol. The SMILES string of the molecule is COC(=O)C1C(C=C(C#N)OC)C1(C)C. The van der Waals surface area contributed by atoms with Crippen molar-refractivity contribution in [2.45, 2.75) is 13.8 Å². The van der Waals surface area contributed by atoms with E-state index in [-0.39, 0.29) is 29.0 Å². The zero-order chi connectivity index (χ0) is 11.6. The second-order valence-electron chi connectivity index (χ2n) is 4.19. The summed E-state index contributed by atoms with van der Waals surface area (Å²) in [6.45, 7) is 3.95. The minimum Gasteiger partial charge on any atom is -0.487 e. The molecule has 0 bridgehead atoms. The molecule has 0 aromatic heterocycles. The molecule has 0 saturated heterocycles. The first-order valence-electron chi connectivity index (χ1n) is 4.72. The number of rotatable bonds is 3. The number of carbonyl (C=O) groups excluding carboxylic acids is 1. The Morgan fingerprint density at radius 2 is 2.00 bits per heavy atom. The Morgan fingerprint density at radius 3 is 2.40 bits per heavy atom. The van der Waals surface area contributed by atoms with Crippen LogP contribution in [0.4, 0.5) is 0 Å². The van der Waals surface area contributed by atoms with Gasteiger partial charge < -0.3 is 9.47 Å². The summed E-state index contributed by atoms with van der Waals surface area (Å²) in [4.78, 5) is 11.4. The number of carbonyl (C=O) groups is 1. The van der Waals surface area contributed by atoms with Crippen molar-refractivity contribution in [2.75, 3.05) is 14.2 Å². The molecule has 82 valence electrons. The summed E-state index contributed by atoms with van der Waals surface area (Å²) in [6.07, 6.45) is 1.70. The molecule has 0 spiro atoms. The number of methoxy groups -OCH3 is 2. The lowest BCUT2D eigenvalue weighted by Gasteiger charge is -1.99. The second-order valence-corrected chi connectivity index (χ2v) is 4.19. The van der Waals surface area contributed by atoms with Crippen LogP contribution in [0.1, 0.15) is 13.8 Å². The Kier molecular flexibility index (Phi) is 3.04. The first-order chi connectivity index (χ1) is 6.98. The average molecular weight is 209 g/mol. The Labute approximate surface area is 89.5 Å². The van der Waals surface area contributed by atoms with E-state index < -0.39 is 0 Å². The largest absolute Gasteiger partial charge is 0.487 e. The van der Waals surface area contributed by atoms with Crippen molar-refractivity contribution in [2.24, 2.45) is 17.3 Å². The zero-order valence-corrected chi connectivity index (χ0v) is 9.40. The number of ether oxygens (including phenoxy) is 2. The summed E-state index contributed by atoms with van der Waals surface area (Å²) >= 11 is 0. The molecule has 15 heavy (non-hydrogen) atoms. The fourth-order valence-electron chi connectivity index (χ4n) is 1.88. The first-order valence-corrected chi connectivity index (χ1v) is 4.72. The van der Waals surface area contributed by atoms with Crippen molar-refractivity contribution in [1.29, 1.82) is 5.26 Å². The van der Waals surface area contributed by atoms with Gasteiger partial charge in [0, 0.05) is 5.92 Å². The third-order valence-electron chi connectivity index (χ3n) is 3.03. The van der Waals surface area contributed by atoms with Gasteiger partial charge in [-0.25, -0.2) is 0 Å². The normalized spacial score (nSPS) is 27.8. The predicted octanol–water partition coefficient (Wildman–Crippen LogP) is 1.49. The molecule has 1 rings (SSSR count). The highest BCUT2D eigenvalue weighted by Gasteiger charge is 2.61. The van der Waals surface area contributed by atoms with Gasteiger partial charge in [-0.3, -0.25) is 4.79 Å². The molecule has 1 aliphatic carbocycles. The van der Waals surface area contributed by atoms with Crippen molar-refractivity contribution in [3.05, 3.63) is 11.8 Å². The molecule has 1 saturated carbocycles. The topological polar surface area (TPSA) is 59.3 Å². The highest BCUT2D eigenvalue weighted by molar-refractivity contribution is 5.78. The summed E-state index contributed by atoms with van der Waals surface area (Å²) < 4.78 is 9.55. The van der Waals surface area contributed by atoms with Gasteiger partial charge in [-0.1, -0.05) is 13.8 Å². The molecule has 2 unspecified atom stereocenters. The Morgan fingerprint density at radius 1 is 1.40 bits per heavy atom. The highest BCUT2D eigenvalue weighted by Crippen LogP contribution is 2.59. The summed E-state index contributed by atoms with van der Waals surface area (Å²) in [5.74, 6) is -0.116. The molecular formula is C11H15NO3. The van der Waals surface area contributed by atoms with E-state index in [1.54, 1.807) is 6.08 Å². The van der Waals surface area contributed by atoms with Gasteiger partial charge in [0.2, 0.25) is 0 Å². The maximum absolute atomic E-state index is 11.4. The quantitative estimate of drug-likeness (QED) is 0.401. The second kappa shape index (κ2) is 3.93. The molecule has 0 aliphatic heterocycles. The number of nitriles is 1. The van der Waals surface area contributed by atoms with Gasteiger partial charge in [0.1, 0.15) is 6.07 Å². The third kappa shape index (κ3) is 1.96. The van der Waals surface area contributed by atoms with Crippen LogP contribution in [-0.4, -0.2) is 20.2 Å². The maximum Gasteiger partial charge on any atom is 0.309 e.